The molecule has 0 radical (unpaired) electrons. The van der Waals surface area contributed by atoms with E-state index in [0.717, 1.165) is 5.69 Å². The predicted octanol–water partition coefficient (Wildman–Crippen LogP) is 4.15. The van der Waals surface area contributed by atoms with Gasteiger partial charge in [-0.25, -0.2) is 0 Å². The van der Waals surface area contributed by atoms with Crippen LogP contribution in [0.1, 0.15) is 34.6 Å². The van der Waals surface area contributed by atoms with E-state index in [-0.39, 0.29) is 30.3 Å². The quantitative estimate of drug-likeness (QED) is 0.487. The number of carbonyl (C=O) groups excluding carboxylic acids is 3. The van der Waals surface area contributed by atoms with Crippen molar-refractivity contribution in [3.8, 4) is 0 Å². The molecule has 7 heteroatoms. The number of hydrogen-bond donors (Lipinski definition) is 3. The van der Waals surface area contributed by atoms with Gasteiger partial charge in [0.1, 0.15) is 0 Å². The Morgan fingerprint density at radius 1 is 0.818 bits per heavy atom. The van der Waals surface area contributed by atoms with Crippen molar-refractivity contribution in [3.05, 3.63) is 90.0 Å². The Hall–Kier alpha value is -4.13. The van der Waals surface area contributed by atoms with Gasteiger partial charge >= 0.3 is 0 Å². The van der Waals surface area contributed by atoms with Gasteiger partial charge in [-0.15, -0.1) is 0 Å². The van der Waals surface area contributed by atoms with Crippen molar-refractivity contribution in [1.82, 2.24) is 5.32 Å². The first kappa shape index (κ1) is 23.5. The molecule has 3 aromatic carbocycles. The second kappa shape index (κ2) is 10.9. The molecule has 33 heavy (non-hydrogen) atoms. The lowest BCUT2D eigenvalue weighted by Crippen LogP contribution is -2.30. The van der Waals surface area contributed by atoms with Crippen LogP contribution in [-0.4, -0.2) is 37.4 Å². The number of nitrogens with zero attached hydrogens (tertiary/aromatic N) is 1. The molecule has 170 valence electrons. The van der Waals surface area contributed by atoms with Crippen LogP contribution in [0.2, 0.25) is 0 Å². The molecule has 0 bridgehead atoms. The lowest BCUT2D eigenvalue weighted by molar-refractivity contribution is -0.114. The van der Waals surface area contributed by atoms with E-state index in [2.05, 4.69) is 16.0 Å². The third kappa shape index (κ3) is 6.67. The van der Waals surface area contributed by atoms with Crippen LogP contribution in [0, 0.1) is 0 Å². The smallest absolute Gasteiger partial charge is 0.258 e. The van der Waals surface area contributed by atoms with E-state index in [9.17, 15) is 14.4 Å². The molecule has 0 unspecified atom stereocenters. The minimum Gasteiger partial charge on any atom is -0.376 e. The van der Waals surface area contributed by atoms with Gasteiger partial charge in [0.2, 0.25) is 5.91 Å². The lowest BCUT2D eigenvalue weighted by Gasteiger charge is -2.18. The van der Waals surface area contributed by atoms with E-state index in [1.165, 1.54) is 0 Å². The van der Waals surface area contributed by atoms with Gasteiger partial charge in [0.05, 0.1) is 6.54 Å². The zero-order chi connectivity index (χ0) is 23.8. The number of amides is 3. The second-order valence-corrected chi connectivity index (χ2v) is 7.89. The van der Waals surface area contributed by atoms with Gasteiger partial charge in [0.25, 0.3) is 11.8 Å². The Labute approximate surface area is 193 Å². The molecule has 0 atom stereocenters. The van der Waals surface area contributed by atoms with Crippen LogP contribution in [0.5, 0.6) is 0 Å². The predicted molar refractivity (Wildman–Crippen MR) is 132 cm³/mol. The third-order valence-electron chi connectivity index (χ3n) is 4.84. The summed E-state index contributed by atoms with van der Waals surface area (Å²) in [6.45, 7) is 3.78. The molecule has 0 aliphatic heterocycles. The number of benzene rings is 3. The standard InChI is InChI=1S/C26H28N4O3/c1-18(2)28-25(32)19-9-7-12-22(15-19)29-24(31)17-27-21-11-8-10-20(16-21)26(33)30(3)23-13-5-4-6-14-23/h4-16,18,27H,17H2,1-3H3,(H,28,32)(H,29,31). The van der Waals surface area contributed by atoms with E-state index in [0.29, 0.717) is 22.5 Å². The SMILES string of the molecule is CC(C)NC(=O)c1cccc(NC(=O)CNc2cccc(C(=O)N(C)c3ccccc3)c2)c1. The highest BCUT2D eigenvalue weighted by molar-refractivity contribution is 6.06. The fourth-order valence-corrected chi connectivity index (χ4v) is 3.20. The van der Waals surface area contributed by atoms with Crippen molar-refractivity contribution >= 4 is 34.8 Å². The van der Waals surface area contributed by atoms with Crippen molar-refractivity contribution in [2.75, 3.05) is 29.1 Å². The molecule has 0 saturated carbocycles. The minimum absolute atomic E-state index is 0.00852. The molecular formula is C26H28N4O3. The number of para-hydroxylation sites is 1. The first-order valence-electron chi connectivity index (χ1n) is 10.7. The summed E-state index contributed by atoms with van der Waals surface area (Å²) in [5.41, 5.74) is 2.97. The van der Waals surface area contributed by atoms with E-state index in [4.69, 9.17) is 0 Å². The molecule has 3 amide bonds. The van der Waals surface area contributed by atoms with Crippen LogP contribution >= 0.6 is 0 Å². The van der Waals surface area contributed by atoms with E-state index >= 15 is 0 Å². The van der Waals surface area contributed by atoms with Crippen LogP contribution in [0.15, 0.2) is 78.9 Å². The van der Waals surface area contributed by atoms with Gasteiger partial charge in [-0.1, -0.05) is 30.3 Å². The van der Waals surface area contributed by atoms with Crippen molar-refractivity contribution in [2.45, 2.75) is 19.9 Å². The van der Waals surface area contributed by atoms with Crippen LogP contribution in [0.4, 0.5) is 17.1 Å². The van der Waals surface area contributed by atoms with Gasteiger partial charge < -0.3 is 20.9 Å². The Morgan fingerprint density at radius 3 is 2.15 bits per heavy atom. The molecular weight excluding hydrogens is 416 g/mol. The number of hydrogen-bond acceptors (Lipinski definition) is 4. The zero-order valence-electron chi connectivity index (χ0n) is 19.0. The van der Waals surface area contributed by atoms with Gasteiger partial charge in [-0.3, -0.25) is 14.4 Å². The topological polar surface area (TPSA) is 90.5 Å². The van der Waals surface area contributed by atoms with E-state index in [1.807, 2.05) is 44.2 Å². The number of nitrogens with one attached hydrogen (secondary N) is 3. The summed E-state index contributed by atoms with van der Waals surface area (Å²) in [6, 6.07) is 23.2. The average Bonchev–Trinajstić information content (AvgIpc) is 2.82. The Bertz CT molecular complexity index is 1130. The monoisotopic (exact) mass is 444 g/mol. The van der Waals surface area contributed by atoms with Crippen LogP contribution in [0.3, 0.4) is 0 Å². The van der Waals surface area contributed by atoms with Crippen LogP contribution in [-0.2, 0) is 4.79 Å². The first-order valence-corrected chi connectivity index (χ1v) is 10.7. The van der Waals surface area contributed by atoms with Crippen molar-refractivity contribution in [2.24, 2.45) is 0 Å². The summed E-state index contributed by atoms with van der Waals surface area (Å²) in [4.78, 5) is 39.0. The molecule has 0 fully saturated rings. The molecule has 7 nitrogen and oxygen atoms in total. The maximum Gasteiger partial charge on any atom is 0.258 e. The van der Waals surface area contributed by atoms with Gasteiger partial charge in [0, 0.05) is 41.3 Å². The minimum atomic E-state index is -0.269. The molecule has 3 N–H and O–H groups in total. The summed E-state index contributed by atoms with van der Waals surface area (Å²) in [6.07, 6.45) is 0. The first-order chi connectivity index (χ1) is 15.8. The summed E-state index contributed by atoms with van der Waals surface area (Å²) in [5, 5.41) is 8.65. The van der Waals surface area contributed by atoms with Crippen molar-refractivity contribution in [1.29, 1.82) is 0 Å². The molecule has 0 heterocycles. The molecule has 3 aromatic rings. The molecule has 0 saturated heterocycles. The van der Waals surface area contributed by atoms with Crippen LogP contribution in [0.25, 0.3) is 0 Å². The largest absolute Gasteiger partial charge is 0.376 e. The maximum absolute atomic E-state index is 12.8. The van der Waals surface area contributed by atoms with Gasteiger partial charge in [-0.05, 0) is 62.4 Å². The normalized spacial score (nSPS) is 10.4. The van der Waals surface area contributed by atoms with Gasteiger partial charge in [0.15, 0.2) is 0 Å². The highest BCUT2D eigenvalue weighted by Crippen LogP contribution is 2.17. The summed E-state index contributed by atoms with van der Waals surface area (Å²) in [7, 11) is 1.72. The highest BCUT2D eigenvalue weighted by atomic mass is 16.2. The maximum atomic E-state index is 12.8. The van der Waals surface area contributed by atoms with Crippen LogP contribution < -0.4 is 20.9 Å². The van der Waals surface area contributed by atoms with Crippen molar-refractivity contribution < 1.29 is 14.4 Å². The lowest BCUT2D eigenvalue weighted by atomic mass is 10.1. The Balaban J connectivity index is 1.59. The fraction of sp³-hybridized carbons (Fsp3) is 0.192. The molecule has 0 aromatic heterocycles. The van der Waals surface area contributed by atoms with Gasteiger partial charge in [-0.2, -0.15) is 0 Å². The highest BCUT2D eigenvalue weighted by Gasteiger charge is 2.14. The summed E-state index contributed by atoms with van der Waals surface area (Å²) >= 11 is 0. The zero-order valence-corrected chi connectivity index (χ0v) is 19.0. The third-order valence-corrected chi connectivity index (χ3v) is 4.84. The molecule has 0 aliphatic carbocycles. The van der Waals surface area contributed by atoms with E-state index in [1.54, 1.807) is 60.5 Å². The average molecular weight is 445 g/mol. The Kier molecular flexibility index (Phi) is 7.81. The van der Waals surface area contributed by atoms with Crippen molar-refractivity contribution in [3.63, 3.8) is 0 Å². The number of rotatable bonds is 8. The second-order valence-electron chi connectivity index (χ2n) is 7.89. The molecule has 3 rings (SSSR count). The fourth-order valence-electron chi connectivity index (χ4n) is 3.20. The Morgan fingerprint density at radius 2 is 1.45 bits per heavy atom. The molecule has 0 spiro atoms. The number of anilines is 3. The molecule has 0 aliphatic rings. The van der Waals surface area contributed by atoms with E-state index < -0.39 is 0 Å². The summed E-state index contributed by atoms with van der Waals surface area (Å²) in [5.74, 6) is -0.610. The summed E-state index contributed by atoms with van der Waals surface area (Å²) < 4.78 is 0. The number of carbonyl (C=O) groups is 3.